The smallest absolute Gasteiger partial charge is 0.211 e. The number of hydrogen-bond acceptors (Lipinski definition) is 3. The Hall–Kier alpha value is -0.390. The van der Waals surface area contributed by atoms with E-state index in [9.17, 15) is 13.2 Å². The van der Waals surface area contributed by atoms with Gasteiger partial charge in [-0.3, -0.25) is 4.79 Å². The van der Waals surface area contributed by atoms with Crippen LogP contribution in [0.15, 0.2) is 12.2 Å². The van der Waals surface area contributed by atoms with Gasteiger partial charge >= 0.3 is 0 Å². The van der Waals surface area contributed by atoms with Gasteiger partial charge in [0.1, 0.15) is 0 Å². The van der Waals surface area contributed by atoms with Crippen molar-refractivity contribution in [3.05, 3.63) is 12.2 Å². The lowest BCUT2D eigenvalue weighted by molar-refractivity contribution is -0.119. The van der Waals surface area contributed by atoms with E-state index in [4.69, 9.17) is 11.6 Å². The summed E-state index contributed by atoms with van der Waals surface area (Å²) < 4.78 is 24.5. The average molecular weight is 294 g/mol. The molecule has 0 saturated carbocycles. The molecule has 0 N–H and O–H groups in total. The number of allylic oxidation sites excluding steroid dienone is 2. The number of nitrogens with zero attached hydrogens (tertiary/aromatic N) is 1. The van der Waals surface area contributed by atoms with Gasteiger partial charge in [0, 0.05) is 24.9 Å². The zero-order valence-corrected chi connectivity index (χ0v) is 12.5. The lowest BCUT2D eigenvalue weighted by Crippen LogP contribution is -2.28. The molecule has 0 amide bonds. The van der Waals surface area contributed by atoms with E-state index in [1.165, 1.54) is 16.6 Å². The number of sulfonamides is 1. The van der Waals surface area contributed by atoms with Crippen molar-refractivity contribution in [1.29, 1.82) is 0 Å². The van der Waals surface area contributed by atoms with E-state index in [0.29, 0.717) is 12.4 Å². The maximum Gasteiger partial charge on any atom is 0.211 e. The largest absolute Gasteiger partial charge is 0.294 e. The number of carbonyl (C=O) groups excluding carboxylic acids is 1. The molecule has 0 aromatic carbocycles. The summed E-state index contributed by atoms with van der Waals surface area (Å²) in [6.07, 6.45) is 4.26. The zero-order valence-electron chi connectivity index (χ0n) is 11.0. The monoisotopic (exact) mass is 293 g/mol. The van der Waals surface area contributed by atoms with Crippen molar-refractivity contribution in [2.24, 2.45) is 17.8 Å². The summed E-state index contributed by atoms with van der Waals surface area (Å²) in [5.41, 5.74) is 0. The second-order valence-electron chi connectivity index (χ2n) is 5.05. The van der Waals surface area contributed by atoms with Gasteiger partial charge in [0.15, 0.2) is 5.78 Å². The Morgan fingerprint density at radius 2 is 2.06 bits per heavy atom. The molecule has 1 heterocycles. The molecule has 0 aromatic rings. The Balaban J connectivity index is 2.89. The van der Waals surface area contributed by atoms with Crippen molar-refractivity contribution in [3.8, 4) is 0 Å². The fraction of sp³-hybridized carbons (Fsp3) is 0.750. The van der Waals surface area contributed by atoms with Gasteiger partial charge in [-0.25, -0.2) is 12.7 Å². The first-order chi connectivity index (χ1) is 8.27. The van der Waals surface area contributed by atoms with Gasteiger partial charge in [0.05, 0.1) is 6.26 Å². The van der Waals surface area contributed by atoms with Crippen molar-refractivity contribution in [2.45, 2.75) is 13.8 Å². The lowest BCUT2D eigenvalue weighted by atomic mass is 9.83. The first-order valence-electron chi connectivity index (χ1n) is 5.98. The standard InChI is InChI=1S/C12H20ClNO3S/c1-9(2)10-7-14(18(3,16)17)8-11(10)12(15)5-4-6-13/h4-5,9-11H,6-8H2,1-3H3/t10-,11?/m1/s1. The van der Waals surface area contributed by atoms with Gasteiger partial charge in [-0.1, -0.05) is 19.9 Å². The summed E-state index contributed by atoms with van der Waals surface area (Å²) in [4.78, 5) is 12.0. The van der Waals surface area contributed by atoms with E-state index in [0.717, 1.165) is 0 Å². The van der Waals surface area contributed by atoms with Crippen LogP contribution in [0.5, 0.6) is 0 Å². The van der Waals surface area contributed by atoms with Crippen LogP contribution in [0.4, 0.5) is 0 Å². The van der Waals surface area contributed by atoms with Crippen LogP contribution < -0.4 is 0 Å². The minimum Gasteiger partial charge on any atom is -0.294 e. The van der Waals surface area contributed by atoms with E-state index in [1.54, 1.807) is 6.08 Å². The summed E-state index contributed by atoms with van der Waals surface area (Å²) in [5.74, 6) is 0.364. The minimum atomic E-state index is -3.22. The lowest BCUT2D eigenvalue weighted by Gasteiger charge is -2.19. The van der Waals surface area contributed by atoms with Gasteiger partial charge in [0.2, 0.25) is 10.0 Å². The molecule has 0 aromatic heterocycles. The van der Waals surface area contributed by atoms with Gasteiger partial charge in [-0.05, 0) is 17.9 Å². The van der Waals surface area contributed by atoms with Gasteiger partial charge in [-0.15, -0.1) is 11.6 Å². The average Bonchev–Trinajstić information content (AvgIpc) is 2.70. The highest BCUT2D eigenvalue weighted by Crippen LogP contribution is 2.31. The number of ketones is 1. The fourth-order valence-electron chi connectivity index (χ4n) is 2.32. The third kappa shape index (κ3) is 3.80. The minimum absolute atomic E-state index is 0.0273. The molecule has 1 rings (SSSR count). The van der Waals surface area contributed by atoms with E-state index < -0.39 is 10.0 Å². The van der Waals surface area contributed by atoms with Crippen LogP contribution >= 0.6 is 11.6 Å². The second-order valence-corrected chi connectivity index (χ2v) is 7.34. The van der Waals surface area contributed by atoms with E-state index in [1.807, 2.05) is 13.8 Å². The van der Waals surface area contributed by atoms with Crippen molar-refractivity contribution in [1.82, 2.24) is 4.31 Å². The highest BCUT2D eigenvalue weighted by atomic mass is 35.5. The maximum atomic E-state index is 12.0. The number of rotatable bonds is 5. The molecule has 1 aliphatic rings. The van der Waals surface area contributed by atoms with Crippen LogP contribution in [0.25, 0.3) is 0 Å². The Kier molecular flexibility index (Phi) is 5.37. The second kappa shape index (κ2) is 6.17. The summed E-state index contributed by atoms with van der Waals surface area (Å²) in [7, 11) is -3.22. The predicted molar refractivity (Wildman–Crippen MR) is 73.1 cm³/mol. The normalized spacial score (nSPS) is 26.3. The van der Waals surface area contributed by atoms with Crippen LogP contribution in [0.1, 0.15) is 13.8 Å². The summed E-state index contributed by atoms with van der Waals surface area (Å²) in [5, 5.41) is 0. The van der Waals surface area contributed by atoms with Gasteiger partial charge in [0.25, 0.3) is 0 Å². The fourth-order valence-corrected chi connectivity index (χ4v) is 3.29. The van der Waals surface area contributed by atoms with Crippen LogP contribution in [0.2, 0.25) is 0 Å². The number of hydrogen-bond donors (Lipinski definition) is 0. The third-order valence-electron chi connectivity index (χ3n) is 3.39. The molecule has 1 fully saturated rings. The molecule has 4 nitrogen and oxygen atoms in total. The highest BCUT2D eigenvalue weighted by molar-refractivity contribution is 7.88. The Morgan fingerprint density at radius 3 is 2.50 bits per heavy atom. The molecule has 0 bridgehead atoms. The van der Waals surface area contributed by atoms with E-state index >= 15 is 0 Å². The molecule has 0 radical (unpaired) electrons. The van der Waals surface area contributed by atoms with E-state index in [2.05, 4.69) is 0 Å². The van der Waals surface area contributed by atoms with Crippen molar-refractivity contribution < 1.29 is 13.2 Å². The molecule has 104 valence electrons. The first-order valence-corrected chi connectivity index (χ1v) is 8.37. The number of halogens is 1. The Labute approximate surface area is 114 Å². The van der Waals surface area contributed by atoms with Gasteiger partial charge in [-0.2, -0.15) is 0 Å². The molecule has 6 heteroatoms. The molecule has 2 atom stereocenters. The molecular weight excluding hydrogens is 274 g/mol. The molecule has 0 aliphatic carbocycles. The molecular formula is C12H20ClNO3S. The maximum absolute atomic E-state index is 12.0. The topological polar surface area (TPSA) is 54.5 Å². The van der Waals surface area contributed by atoms with Crippen molar-refractivity contribution in [2.75, 3.05) is 25.2 Å². The summed E-state index contributed by atoms with van der Waals surface area (Å²) >= 11 is 5.51. The van der Waals surface area contributed by atoms with Crippen LogP contribution in [0, 0.1) is 17.8 Å². The molecule has 1 aliphatic heterocycles. The van der Waals surface area contributed by atoms with Crippen LogP contribution in [-0.2, 0) is 14.8 Å². The number of carbonyl (C=O) groups is 1. The zero-order chi connectivity index (χ0) is 13.9. The SMILES string of the molecule is CC(C)[C@H]1CN(S(C)(=O)=O)CC1C(=O)C=CCCl. The molecule has 1 saturated heterocycles. The Morgan fingerprint density at radius 1 is 1.44 bits per heavy atom. The molecule has 0 spiro atoms. The third-order valence-corrected chi connectivity index (χ3v) is 4.81. The first kappa shape index (κ1) is 15.7. The highest BCUT2D eigenvalue weighted by Gasteiger charge is 2.41. The quantitative estimate of drug-likeness (QED) is 0.570. The predicted octanol–water partition coefficient (Wildman–Crippen LogP) is 1.51. The van der Waals surface area contributed by atoms with Crippen LogP contribution in [0.3, 0.4) is 0 Å². The van der Waals surface area contributed by atoms with Crippen molar-refractivity contribution >= 4 is 27.4 Å². The van der Waals surface area contributed by atoms with Crippen molar-refractivity contribution in [3.63, 3.8) is 0 Å². The Bertz CT molecular complexity index is 431. The molecule has 1 unspecified atom stereocenters. The van der Waals surface area contributed by atoms with Gasteiger partial charge < -0.3 is 0 Å². The van der Waals surface area contributed by atoms with Crippen LogP contribution in [-0.4, -0.2) is 43.7 Å². The number of alkyl halides is 1. The van der Waals surface area contributed by atoms with E-state index in [-0.39, 0.29) is 30.1 Å². The summed E-state index contributed by atoms with van der Waals surface area (Å²) in [6, 6.07) is 0. The summed E-state index contributed by atoms with van der Waals surface area (Å²) in [6.45, 7) is 4.75. The molecule has 18 heavy (non-hydrogen) atoms.